The summed E-state index contributed by atoms with van der Waals surface area (Å²) in [6.07, 6.45) is 7.13. The molecule has 0 aromatic carbocycles. The molecular weight excluding hydrogens is 370 g/mol. The molecule has 3 N–H and O–H groups in total. The van der Waals surface area contributed by atoms with Crippen molar-refractivity contribution in [1.29, 1.82) is 0 Å². The summed E-state index contributed by atoms with van der Waals surface area (Å²) in [7, 11) is 2.05. The summed E-state index contributed by atoms with van der Waals surface area (Å²) in [5, 5.41) is 7.27. The molecule has 0 radical (unpaired) electrons. The number of fused-ring (bicyclic) bond motifs is 1. The lowest BCUT2D eigenvalue weighted by Crippen LogP contribution is -2.22. The highest BCUT2D eigenvalue weighted by molar-refractivity contribution is 6.30. The minimum atomic E-state index is -0.446. The van der Waals surface area contributed by atoms with E-state index in [1.54, 1.807) is 12.3 Å². The molecule has 0 saturated carbocycles. The Balaban J connectivity index is 1.60. The van der Waals surface area contributed by atoms with Crippen LogP contribution in [-0.4, -0.2) is 56.6 Å². The quantitative estimate of drug-likeness (QED) is 0.700. The topological polar surface area (TPSA) is 111 Å². The van der Waals surface area contributed by atoms with Crippen LogP contribution in [0.3, 0.4) is 0 Å². The first-order valence-corrected chi connectivity index (χ1v) is 8.79. The van der Waals surface area contributed by atoms with Crippen LogP contribution >= 0.6 is 11.6 Å². The van der Waals surface area contributed by atoms with Crippen LogP contribution in [0.1, 0.15) is 16.8 Å². The summed E-state index contributed by atoms with van der Waals surface area (Å²) in [4.78, 5) is 23.3. The highest BCUT2D eigenvalue weighted by atomic mass is 35.5. The average molecular weight is 388 g/mol. The van der Waals surface area contributed by atoms with Crippen LogP contribution in [0.4, 0.5) is 11.5 Å². The van der Waals surface area contributed by atoms with Crippen LogP contribution in [0.2, 0.25) is 5.02 Å². The number of pyridine rings is 1. The summed E-state index contributed by atoms with van der Waals surface area (Å²) < 4.78 is 7.42. The maximum absolute atomic E-state index is 12.8. The monoisotopic (exact) mass is 387 g/mol. The number of amides is 1. The number of likely N-dealkylation sites (N-methyl/N-ethyl adjacent to an activating group) is 1. The predicted octanol–water partition coefficient (Wildman–Crippen LogP) is 1.70. The largest absolute Gasteiger partial charge is 0.487 e. The van der Waals surface area contributed by atoms with E-state index < -0.39 is 5.91 Å². The molecule has 0 unspecified atom stereocenters. The van der Waals surface area contributed by atoms with Crippen molar-refractivity contribution in [3.8, 4) is 5.75 Å². The first kappa shape index (κ1) is 17.5. The van der Waals surface area contributed by atoms with E-state index in [2.05, 4.69) is 25.3 Å². The minimum Gasteiger partial charge on any atom is -0.487 e. The van der Waals surface area contributed by atoms with Gasteiger partial charge in [-0.25, -0.2) is 9.50 Å². The smallest absolute Gasteiger partial charge is 0.263 e. The molecule has 3 aromatic rings. The fraction of sp³-hybridized carbons (Fsp3) is 0.294. The third-order valence-electron chi connectivity index (χ3n) is 4.37. The zero-order valence-corrected chi connectivity index (χ0v) is 15.3. The molecule has 0 bridgehead atoms. The van der Waals surface area contributed by atoms with Gasteiger partial charge >= 0.3 is 0 Å². The molecule has 0 aliphatic carbocycles. The van der Waals surface area contributed by atoms with Gasteiger partial charge in [-0.1, -0.05) is 11.6 Å². The van der Waals surface area contributed by atoms with Crippen LogP contribution < -0.4 is 15.8 Å². The van der Waals surface area contributed by atoms with Gasteiger partial charge in [0.15, 0.2) is 11.5 Å². The van der Waals surface area contributed by atoms with Gasteiger partial charge in [0.05, 0.1) is 17.4 Å². The number of ether oxygens (including phenoxy) is 1. The van der Waals surface area contributed by atoms with E-state index in [1.165, 1.54) is 23.1 Å². The zero-order chi connectivity index (χ0) is 19.0. The summed E-state index contributed by atoms with van der Waals surface area (Å²) in [6, 6.07) is 1.73. The first-order valence-electron chi connectivity index (χ1n) is 8.41. The van der Waals surface area contributed by atoms with E-state index in [9.17, 15) is 4.79 Å². The Labute approximate surface area is 160 Å². The first-order chi connectivity index (χ1) is 13.0. The molecular formula is C17H18ClN7O2. The molecule has 4 rings (SSSR count). The van der Waals surface area contributed by atoms with E-state index in [1.807, 2.05) is 7.05 Å². The third-order valence-corrected chi connectivity index (χ3v) is 4.56. The highest BCUT2D eigenvalue weighted by Crippen LogP contribution is 2.27. The Morgan fingerprint density at radius 1 is 1.44 bits per heavy atom. The van der Waals surface area contributed by atoms with Crippen molar-refractivity contribution in [2.24, 2.45) is 0 Å². The molecule has 1 aliphatic rings. The van der Waals surface area contributed by atoms with Gasteiger partial charge in [0.25, 0.3) is 5.91 Å². The number of anilines is 2. The number of carbonyl (C=O) groups is 1. The van der Waals surface area contributed by atoms with Crippen molar-refractivity contribution in [1.82, 2.24) is 24.5 Å². The number of halogens is 1. The lowest BCUT2D eigenvalue weighted by molar-refractivity contribution is 0.102. The Kier molecular flexibility index (Phi) is 4.54. The maximum atomic E-state index is 12.8. The molecule has 1 saturated heterocycles. The molecule has 1 amide bonds. The Bertz CT molecular complexity index is 1010. The molecule has 27 heavy (non-hydrogen) atoms. The predicted molar refractivity (Wildman–Crippen MR) is 101 cm³/mol. The van der Waals surface area contributed by atoms with Gasteiger partial charge in [0, 0.05) is 31.5 Å². The Morgan fingerprint density at radius 3 is 3.07 bits per heavy atom. The second kappa shape index (κ2) is 7.01. The molecule has 4 heterocycles. The summed E-state index contributed by atoms with van der Waals surface area (Å²) in [6.45, 7) is 1.81. The van der Waals surface area contributed by atoms with Crippen LogP contribution in [0.25, 0.3) is 5.65 Å². The number of hydrogen-bond acceptors (Lipinski definition) is 7. The summed E-state index contributed by atoms with van der Waals surface area (Å²) in [5.41, 5.74) is 6.86. The number of rotatable bonds is 4. The molecule has 9 nitrogen and oxygen atoms in total. The molecule has 3 aromatic heterocycles. The fourth-order valence-corrected chi connectivity index (χ4v) is 3.22. The van der Waals surface area contributed by atoms with Crippen molar-refractivity contribution >= 4 is 34.7 Å². The van der Waals surface area contributed by atoms with Crippen molar-refractivity contribution in [2.45, 2.75) is 12.5 Å². The number of carbonyl (C=O) groups excluding carboxylic acids is 1. The number of nitrogens with two attached hydrogens (primary N) is 1. The van der Waals surface area contributed by atoms with Gasteiger partial charge in [-0.2, -0.15) is 0 Å². The van der Waals surface area contributed by atoms with E-state index in [0.717, 1.165) is 19.5 Å². The van der Waals surface area contributed by atoms with E-state index >= 15 is 0 Å². The van der Waals surface area contributed by atoms with Crippen LogP contribution in [-0.2, 0) is 0 Å². The number of aromatic nitrogens is 4. The van der Waals surface area contributed by atoms with E-state index in [4.69, 9.17) is 22.1 Å². The number of nitrogens with one attached hydrogen (secondary N) is 1. The van der Waals surface area contributed by atoms with Crippen LogP contribution in [0, 0.1) is 0 Å². The number of likely N-dealkylation sites (tertiary alicyclic amines) is 1. The van der Waals surface area contributed by atoms with E-state index in [-0.39, 0.29) is 17.5 Å². The maximum Gasteiger partial charge on any atom is 0.263 e. The molecule has 140 valence electrons. The van der Waals surface area contributed by atoms with Gasteiger partial charge in [-0.05, 0) is 13.5 Å². The number of hydrogen-bond donors (Lipinski definition) is 2. The molecule has 1 fully saturated rings. The van der Waals surface area contributed by atoms with Gasteiger partial charge < -0.3 is 20.7 Å². The standard InChI is InChI=1S/C17H18ClN7O2/c1-24-5-3-11(9-24)27-13-2-4-20-7-12(13)22-17(26)14-15(19)23-25-8-10(18)6-21-16(14)25/h2,4,6-8,11H,3,5,9H2,1H3,(H2,19,23)(H,22,26)/t11-/m0/s1. The molecule has 1 aliphatic heterocycles. The van der Waals surface area contributed by atoms with Crippen molar-refractivity contribution < 1.29 is 9.53 Å². The van der Waals surface area contributed by atoms with Crippen LogP contribution in [0.5, 0.6) is 5.75 Å². The second-order valence-corrected chi connectivity index (χ2v) is 6.85. The number of nitrogen functional groups attached to an aromatic ring is 1. The lowest BCUT2D eigenvalue weighted by Gasteiger charge is -2.16. The van der Waals surface area contributed by atoms with Crippen molar-refractivity contribution in [2.75, 3.05) is 31.2 Å². The Hall–Kier alpha value is -2.91. The summed E-state index contributed by atoms with van der Waals surface area (Å²) in [5.74, 6) is 0.175. The summed E-state index contributed by atoms with van der Waals surface area (Å²) >= 11 is 5.91. The Morgan fingerprint density at radius 2 is 2.30 bits per heavy atom. The van der Waals surface area contributed by atoms with Crippen molar-refractivity contribution in [3.05, 3.63) is 41.4 Å². The van der Waals surface area contributed by atoms with Gasteiger partial charge in [-0.3, -0.25) is 9.78 Å². The second-order valence-electron chi connectivity index (χ2n) is 6.42. The van der Waals surface area contributed by atoms with Gasteiger partial charge in [0.2, 0.25) is 0 Å². The lowest BCUT2D eigenvalue weighted by atomic mass is 10.2. The molecule has 0 spiro atoms. The van der Waals surface area contributed by atoms with Gasteiger partial charge in [0.1, 0.15) is 23.1 Å². The third kappa shape index (κ3) is 3.51. The molecule has 10 heteroatoms. The van der Waals surface area contributed by atoms with Crippen LogP contribution in [0.15, 0.2) is 30.9 Å². The fourth-order valence-electron chi connectivity index (χ4n) is 3.08. The minimum absolute atomic E-state index is 0.0612. The van der Waals surface area contributed by atoms with Gasteiger partial charge in [-0.15, -0.1) is 5.10 Å². The zero-order valence-electron chi connectivity index (χ0n) is 14.6. The number of nitrogens with zero attached hydrogens (tertiary/aromatic N) is 5. The SMILES string of the molecule is CN1CC[C@H](Oc2ccncc2NC(=O)c2c(N)nn3cc(Cl)cnc23)C1. The average Bonchev–Trinajstić information content (AvgIpc) is 3.18. The van der Waals surface area contributed by atoms with E-state index in [0.29, 0.717) is 22.1 Å². The highest BCUT2D eigenvalue weighted by Gasteiger charge is 2.24. The van der Waals surface area contributed by atoms with Crippen molar-refractivity contribution in [3.63, 3.8) is 0 Å². The molecule has 1 atom stereocenters. The normalized spacial score (nSPS) is 17.3.